The number of sulfonamides is 1. The molecule has 1 atom stereocenters. The van der Waals surface area contributed by atoms with Crippen molar-refractivity contribution in [1.82, 2.24) is 23.0 Å². The number of ether oxygens (including phenoxy) is 1. The molecular weight excluding hydrogens is 374 g/mol. The van der Waals surface area contributed by atoms with Crippen molar-refractivity contribution in [2.75, 3.05) is 19.7 Å². The highest BCUT2D eigenvalue weighted by Crippen LogP contribution is 2.28. The van der Waals surface area contributed by atoms with E-state index in [4.69, 9.17) is 4.74 Å². The van der Waals surface area contributed by atoms with Gasteiger partial charge < -0.3 is 4.74 Å². The quantitative estimate of drug-likeness (QED) is 0.656. The van der Waals surface area contributed by atoms with Crippen molar-refractivity contribution < 1.29 is 13.2 Å². The fourth-order valence-electron chi connectivity index (χ4n) is 3.06. The fourth-order valence-corrected chi connectivity index (χ4v) is 5.37. The molecule has 4 rings (SSSR count). The number of hydrogen-bond acceptors (Lipinski definition) is 8. The lowest BCUT2D eigenvalue weighted by molar-refractivity contribution is 0.171. The predicted molar refractivity (Wildman–Crippen MR) is 96.4 cm³/mol. The molecule has 3 aromatic rings. The standard InChI is InChI=1S/C16H17N5O3S2/c22-26(23,14-6-1-5-13-15(14)20-25-19-13)21-9-2-4-12(10-21)11-24-16-17-7-3-8-18-16/h1,3,5-8,12H,2,4,9-11H2. The van der Waals surface area contributed by atoms with Crippen LogP contribution in [0, 0.1) is 5.92 Å². The molecule has 0 aliphatic carbocycles. The van der Waals surface area contributed by atoms with Gasteiger partial charge in [0.1, 0.15) is 15.9 Å². The lowest BCUT2D eigenvalue weighted by Crippen LogP contribution is -2.41. The van der Waals surface area contributed by atoms with Gasteiger partial charge in [-0.2, -0.15) is 13.1 Å². The van der Waals surface area contributed by atoms with Gasteiger partial charge in [-0.15, -0.1) is 0 Å². The second kappa shape index (κ2) is 7.22. The molecule has 1 aliphatic rings. The second-order valence-electron chi connectivity index (χ2n) is 6.10. The molecule has 0 spiro atoms. The van der Waals surface area contributed by atoms with Gasteiger partial charge >= 0.3 is 6.01 Å². The third-order valence-electron chi connectivity index (χ3n) is 4.34. The van der Waals surface area contributed by atoms with E-state index in [1.54, 1.807) is 36.7 Å². The molecule has 1 aliphatic heterocycles. The molecule has 1 saturated heterocycles. The molecule has 136 valence electrons. The summed E-state index contributed by atoms with van der Waals surface area (Å²) in [6.07, 6.45) is 4.92. The zero-order chi connectivity index (χ0) is 18.0. The van der Waals surface area contributed by atoms with E-state index in [0.717, 1.165) is 24.6 Å². The third-order valence-corrected chi connectivity index (χ3v) is 6.78. The topological polar surface area (TPSA) is 98.2 Å². The normalized spacial score (nSPS) is 18.8. The first-order valence-electron chi connectivity index (χ1n) is 8.26. The van der Waals surface area contributed by atoms with Gasteiger partial charge in [-0.05, 0) is 31.0 Å². The minimum absolute atomic E-state index is 0.0927. The van der Waals surface area contributed by atoms with Crippen molar-refractivity contribution in [2.45, 2.75) is 17.7 Å². The first kappa shape index (κ1) is 17.3. The Morgan fingerprint density at radius 2 is 2.04 bits per heavy atom. The summed E-state index contributed by atoms with van der Waals surface area (Å²) in [6, 6.07) is 7.09. The summed E-state index contributed by atoms with van der Waals surface area (Å²) in [4.78, 5) is 8.27. The maximum atomic E-state index is 13.1. The molecule has 3 heterocycles. The van der Waals surface area contributed by atoms with Gasteiger partial charge in [-0.1, -0.05) is 6.07 Å². The highest BCUT2D eigenvalue weighted by atomic mass is 32.2. The van der Waals surface area contributed by atoms with E-state index >= 15 is 0 Å². The van der Waals surface area contributed by atoms with Crippen LogP contribution >= 0.6 is 11.7 Å². The Bertz CT molecular complexity index is 993. The van der Waals surface area contributed by atoms with Crippen molar-refractivity contribution in [2.24, 2.45) is 5.92 Å². The van der Waals surface area contributed by atoms with E-state index < -0.39 is 10.0 Å². The summed E-state index contributed by atoms with van der Waals surface area (Å²) >= 11 is 1.02. The monoisotopic (exact) mass is 391 g/mol. The molecule has 1 unspecified atom stereocenters. The number of benzene rings is 1. The van der Waals surface area contributed by atoms with Crippen LogP contribution in [0.15, 0.2) is 41.6 Å². The number of rotatable bonds is 5. The van der Waals surface area contributed by atoms with Gasteiger partial charge in [0.05, 0.1) is 18.3 Å². The van der Waals surface area contributed by atoms with Crippen LogP contribution in [0.1, 0.15) is 12.8 Å². The van der Waals surface area contributed by atoms with Crippen molar-refractivity contribution in [3.63, 3.8) is 0 Å². The Morgan fingerprint density at radius 1 is 1.19 bits per heavy atom. The Kier molecular flexibility index (Phi) is 4.79. The average Bonchev–Trinajstić information content (AvgIpc) is 3.16. The Labute approximate surface area is 155 Å². The molecule has 0 radical (unpaired) electrons. The molecule has 26 heavy (non-hydrogen) atoms. The molecular formula is C16H17N5O3S2. The Hall–Kier alpha value is -2.17. The Morgan fingerprint density at radius 3 is 2.88 bits per heavy atom. The predicted octanol–water partition coefficient (Wildman–Crippen LogP) is 1.96. The lowest BCUT2D eigenvalue weighted by Gasteiger charge is -2.31. The number of piperidine rings is 1. The van der Waals surface area contributed by atoms with Crippen molar-refractivity contribution in [3.05, 3.63) is 36.7 Å². The van der Waals surface area contributed by atoms with Crippen molar-refractivity contribution >= 4 is 32.8 Å². The van der Waals surface area contributed by atoms with Gasteiger partial charge in [-0.3, -0.25) is 0 Å². The van der Waals surface area contributed by atoms with Crippen LogP contribution in [0.3, 0.4) is 0 Å². The average molecular weight is 391 g/mol. The first-order chi connectivity index (χ1) is 12.6. The summed E-state index contributed by atoms with van der Waals surface area (Å²) in [5.41, 5.74) is 1.04. The summed E-state index contributed by atoms with van der Waals surface area (Å²) in [5.74, 6) is 0.0927. The Balaban J connectivity index is 1.51. The van der Waals surface area contributed by atoms with Crippen LogP contribution in [0.25, 0.3) is 11.0 Å². The van der Waals surface area contributed by atoms with Gasteiger partial charge in [0.25, 0.3) is 0 Å². The van der Waals surface area contributed by atoms with Crippen LogP contribution < -0.4 is 4.74 Å². The number of hydrogen-bond donors (Lipinski definition) is 0. The second-order valence-corrected chi connectivity index (χ2v) is 8.54. The van der Waals surface area contributed by atoms with Gasteiger partial charge in [0, 0.05) is 31.4 Å². The zero-order valence-electron chi connectivity index (χ0n) is 13.9. The summed E-state index contributed by atoms with van der Waals surface area (Å²) in [7, 11) is -3.62. The van der Waals surface area contributed by atoms with E-state index in [2.05, 4.69) is 18.7 Å². The SMILES string of the molecule is O=S(=O)(c1cccc2nsnc12)N1CCCC(COc2ncccn2)C1. The lowest BCUT2D eigenvalue weighted by atomic mass is 10.0. The van der Waals surface area contributed by atoms with E-state index in [0.29, 0.717) is 36.7 Å². The van der Waals surface area contributed by atoms with E-state index in [1.165, 1.54) is 4.31 Å². The number of fused-ring (bicyclic) bond motifs is 1. The molecule has 10 heteroatoms. The minimum Gasteiger partial charge on any atom is -0.463 e. The van der Waals surface area contributed by atoms with Crippen LogP contribution in [0.4, 0.5) is 0 Å². The van der Waals surface area contributed by atoms with Crippen LogP contribution in [0.2, 0.25) is 0 Å². The maximum absolute atomic E-state index is 13.1. The van der Waals surface area contributed by atoms with Crippen molar-refractivity contribution in [3.8, 4) is 6.01 Å². The van der Waals surface area contributed by atoms with Crippen LogP contribution in [-0.4, -0.2) is 51.1 Å². The van der Waals surface area contributed by atoms with E-state index in [-0.39, 0.29) is 10.8 Å². The largest absolute Gasteiger partial charge is 0.463 e. The molecule has 8 nitrogen and oxygen atoms in total. The number of aromatic nitrogens is 4. The molecule has 0 saturated carbocycles. The van der Waals surface area contributed by atoms with E-state index in [1.807, 2.05) is 0 Å². The van der Waals surface area contributed by atoms with E-state index in [9.17, 15) is 8.42 Å². The first-order valence-corrected chi connectivity index (χ1v) is 10.4. The summed E-state index contributed by atoms with van der Waals surface area (Å²) in [6.45, 7) is 1.29. The van der Waals surface area contributed by atoms with Crippen LogP contribution in [-0.2, 0) is 10.0 Å². The highest BCUT2D eigenvalue weighted by Gasteiger charge is 2.32. The van der Waals surface area contributed by atoms with Gasteiger partial charge in [0.15, 0.2) is 0 Å². The maximum Gasteiger partial charge on any atom is 0.316 e. The van der Waals surface area contributed by atoms with Gasteiger partial charge in [-0.25, -0.2) is 18.4 Å². The smallest absolute Gasteiger partial charge is 0.316 e. The fraction of sp³-hybridized carbons (Fsp3) is 0.375. The minimum atomic E-state index is -3.62. The summed E-state index contributed by atoms with van der Waals surface area (Å²) < 4.78 is 41.6. The molecule has 0 amide bonds. The zero-order valence-corrected chi connectivity index (χ0v) is 15.5. The molecule has 0 N–H and O–H groups in total. The summed E-state index contributed by atoms with van der Waals surface area (Å²) in [5, 5.41) is 0. The van der Waals surface area contributed by atoms with Gasteiger partial charge in [0.2, 0.25) is 10.0 Å². The molecule has 0 bridgehead atoms. The molecule has 1 aromatic carbocycles. The van der Waals surface area contributed by atoms with Crippen molar-refractivity contribution in [1.29, 1.82) is 0 Å². The highest BCUT2D eigenvalue weighted by molar-refractivity contribution is 7.89. The molecule has 1 fully saturated rings. The number of nitrogens with zero attached hydrogens (tertiary/aromatic N) is 5. The third kappa shape index (κ3) is 3.39. The van der Waals surface area contributed by atoms with Crippen LogP contribution in [0.5, 0.6) is 6.01 Å². The molecule has 2 aromatic heterocycles.